The lowest BCUT2D eigenvalue weighted by Crippen LogP contribution is -2.23. The van der Waals surface area contributed by atoms with Crippen molar-refractivity contribution in [1.82, 2.24) is 14.6 Å². The number of furan rings is 1. The van der Waals surface area contributed by atoms with E-state index in [1.807, 2.05) is 0 Å². The van der Waals surface area contributed by atoms with E-state index in [0.29, 0.717) is 5.01 Å². The van der Waals surface area contributed by atoms with E-state index in [2.05, 4.69) is 10.3 Å². The van der Waals surface area contributed by atoms with Crippen LogP contribution in [0.2, 0.25) is 0 Å². The molecule has 0 bridgehead atoms. The van der Waals surface area contributed by atoms with Crippen LogP contribution in [-0.2, 0) is 16.6 Å². The third-order valence-corrected chi connectivity index (χ3v) is 5.28. The number of carbonyl (C=O) groups is 2. The Bertz CT molecular complexity index is 837. The summed E-state index contributed by atoms with van der Waals surface area (Å²) in [6.07, 6.45) is 1.04. The number of rotatable bonds is 6. The van der Waals surface area contributed by atoms with Crippen LogP contribution in [0, 0.1) is 0 Å². The van der Waals surface area contributed by atoms with Crippen LogP contribution >= 0.6 is 11.3 Å². The van der Waals surface area contributed by atoms with Crippen molar-refractivity contribution in [2.45, 2.75) is 11.6 Å². The van der Waals surface area contributed by atoms with Crippen molar-refractivity contribution >= 4 is 33.2 Å². The molecule has 23 heavy (non-hydrogen) atoms. The van der Waals surface area contributed by atoms with Gasteiger partial charge in [-0.05, 0) is 0 Å². The fraction of sp³-hybridized carbons (Fsp3) is 0.250. The minimum Gasteiger partial charge on any atom is -0.476 e. The Kier molecular flexibility index (Phi) is 4.82. The zero-order valence-electron chi connectivity index (χ0n) is 12.1. The van der Waals surface area contributed by atoms with E-state index < -0.39 is 21.9 Å². The van der Waals surface area contributed by atoms with E-state index in [9.17, 15) is 18.0 Å². The van der Waals surface area contributed by atoms with Gasteiger partial charge < -0.3 is 14.8 Å². The molecule has 1 amide bonds. The number of hydrogen-bond acceptors (Lipinski definition) is 7. The molecule has 0 aliphatic carbocycles. The SMILES string of the molecule is CN(C)S(=O)(=O)c1cc(C(=O)NCc2nc(C(=O)O)cs2)co1. The first-order valence-electron chi connectivity index (χ1n) is 6.18. The molecule has 0 aliphatic rings. The lowest BCUT2D eigenvalue weighted by atomic mass is 10.3. The molecule has 2 rings (SSSR count). The normalized spacial score (nSPS) is 11.6. The fourth-order valence-corrected chi connectivity index (χ4v) is 3.01. The number of aromatic carboxylic acids is 1. The van der Waals surface area contributed by atoms with Gasteiger partial charge >= 0.3 is 5.97 Å². The number of thiazole rings is 1. The van der Waals surface area contributed by atoms with Gasteiger partial charge in [-0.15, -0.1) is 11.3 Å². The van der Waals surface area contributed by atoms with Crippen molar-refractivity contribution in [2.75, 3.05) is 14.1 Å². The maximum absolute atomic E-state index is 11.9. The second-order valence-electron chi connectivity index (χ2n) is 4.56. The zero-order chi connectivity index (χ0) is 17.2. The standard InChI is InChI=1S/C12H13N3O6S2/c1-15(2)23(19,20)10-3-7(5-21-10)11(16)13-4-9-14-8(6-22-9)12(17)18/h3,5-6H,4H2,1-2H3,(H,13,16)(H,17,18). The van der Waals surface area contributed by atoms with E-state index in [4.69, 9.17) is 9.52 Å². The molecule has 0 atom stereocenters. The first kappa shape index (κ1) is 17.1. The second-order valence-corrected chi connectivity index (χ2v) is 7.58. The van der Waals surface area contributed by atoms with Gasteiger partial charge in [0, 0.05) is 25.5 Å². The first-order chi connectivity index (χ1) is 10.7. The Balaban J connectivity index is 2.04. The summed E-state index contributed by atoms with van der Waals surface area (Å²) in [7, 11) is -1.06. The summed E-state index contributed by atoms with van der Waals surface area (Å²) in [6.45, 7) is 0.0255. The van der Waals surface area contributed by atoms with Gasteiger partial charge in [-0.1, -0.05) is 0 Å². The van der Waals surface area contributed by atoms with Crippen LogP contribution < -0.4 is 5.32 Å². The molecule has 0 saturated heterocycles. The van der Waals surface area contributed by atoms with Crippen LogP contribution in [0.25, 0.3) is 0 Å². The number of nitrogens with one attached hydrogen (secondary N) is 1. The lowest BCUT2D eigenvalue weighted by Gasteiger charge is -2.07. The van der Waals surface area contributed by atoms with Crippen LogP contribution in [-0.4, -0.2) is 48.8 Å². The molecule has 2 heterocycles. The van der Waals surface area contributed by atoms with Gasteiger partial charge in [0.2, 0.25) is 5.09 Å². The predicted octanol–water partition coefficient (Wildman–Crippen LogP) is 0.615. The average Bonchev–Trinajstić information content (AvgIpc) is 3.14. The minimum atomic E-state index is -3.75. The van der Waals surface area contributed by atoms with Crippen molar-refractivity contribution in [3.05, 3.63) is 34.0 Å². The number of carboxylic acid groups (broad SMARTS) is 1. The van der Waals surface area contributed by atoms with Gasteiger partial charge in [-0.25, -0.2) is 22.5 Å². The number of aromatic nitrogens is 1. The van der Waals surface area contributed by atoms with E-state index in [1.165, 1.54) is 19.5 Å². The highest BCUT2D eigenvalue weighted by atomic mass is 32.2. The van der Waals surface area contributed by atoms with Gasteiger partial charge in [-0.2, -0.15) is 0 Å². The van der Waals surface area contributed by atoms with Crippen LogP contribution in [0.1, 0.15) is 25.9 Å². The molecule has 0 aliphatic heterocycles. The van der Waals surface area contributed by atoms with Crippen LogP contribution in [0.3, 0.4) is 0 Å². The lowest BCUT2D eigenvalue weighted by molar-refractivity contribution is 0.0691. The highest BCUT2D eigenvalue weighted by molar-refractivity contribution is 7.88. The molecule has 11 heteroatoms. The molecule has 0 unspecified atom stereocenters. The Morgan fingerprint density at radius 3 is 2.70 bits per heavy atom. The molecule has 0 fully saturated rings. The molecular formula is C12H13N3O6S2. The molecule has 2 N–H and O–H groups in total. The van der Waals surface area contributed by atoms with Gasteiger partial charge in [0.1, 0.15) is 11.3 Å². The van der Waals surface area contributed by atoms with Gasteiger partial charge in [0.15, 0.2) is 5.69 Å². The quantitative estimate of drug-likeness (QED) is 0.773. The minimum absolute atomic E-state index is 0.0255. The van der Waals surface area contributed by atoms with E-state index in [-0.39, 0.29) is 22.9 Å². The number of carboxylic acids is 1. The highest BCUT2D eigenvalue weighted by Gasteiger charge is 2.23. The molecule has 2 aromatic heterocycles. The molecule has 0 radical (unpaired) electrons. The fourth-order valence-electron chi connectivity index (χ4n) is 1.50. The zero-order valence-corrected chi connectivity index (χ0v) is 13.8. The molecule has 2 aromatic rings. The monoisotopic (exact) mass is 359 g/mol. The maximum Gasteiger partial charge on any atom is 0.355 e. The van der Waals surface area contributed by atoms with E-state index in [0.717, 1.165) is 28.0 Å². The van der Waals surface area contributed by atoms with Gasteiger partial charge in [0.25, 0.3) is 15.9 Å². The van der Waals surface area contributed by atoms with Crippen molar-refractivity contribution in [1.29, 1.82) is 0 Å². The average molecular weight is 359 g/mol. The molecular weight excluding hydrogens is 346 g/mol. The van der Waals surface area contributed by atoms with Crippen LogP contribution in [0.5, 0.6) is 0 Å². The van der Waals surface area contributed by atoms with Gasteiger partial charge in [0.05, 0.1) is 12.1 Å². The molecule has 0 saturated carbocycles. The summed E-state index contributed by atoms with van der Waals surface area (Å²) in [6, 6.07) is 1.12. The summed E-state index contributed by atoms with van der Waals surface area (Å²) in [4.78, 5) is 26.5. The number of hydrogen-bond donors (Lipinski definition) is 2. The molecule has 0 aromatic carbocycles. The van der Waals surface area contributed by atoms with Crippen molar-refractivity contribution in [3.63, 3.8) is 0 Å². The number of amides is 1. The summed E-state index contributed by atoms with van der Waals surface area (Å²) < 4.78 is 29.6. The first-order valence-corrected chi connectivity index (χ1v) is 8.50. The van der Waals surface area contributed by atoms with Gasteiger partial charge in [-0.3, -0.25) is 4.79 Å². The predicted molar refractivity (Wildman–Crippen MR) is 79.8 cm³/mol. The maximum atomic E-state index is 11.9. The van der Waals surface area contributed by atoms with Crippen molar-refractivity contribution in [3.8, 4) is 0 Å². The molecule has 124 valence electrons. The number of carbonyl (C=O) groups excluding carboxylic acids is 1. The summed E-state index contributed by atoms with van der Waals surface area (Å²) in [5.74, 6) is -1.70. The second kappa shape index (κ2) is 6.48. The van der Waals surface area contributed by atoms with Crippen molar-refractivity contribution in [2.24, 2.45) is 0 Å². The topological polar surface area (TPSA) is 130 Å². The third kappa shape index (κ3) is 3.75. The van der Waals surface area contributed by atoms with Crippen LogP contribution in [0.15, 0.2) is 27.2 Å². The van der Waals surface area contributed by atoms with Crippen molar-refractivity contribution < 1.29 is 27.5 Å². The number of nitrogens with zero attached hydrogens (tertiary/aromatic N) is 2. The molecule has 0 spiro atoms. The Labute approximate surface area is 135 Å². The summed E-state index contributed by atoms with van der Waals surface area (Å²) >= 11 is 1.10. The largest absolute Gasteiger partial charge is 0.476 e. The summed E-state index contributed by atoms with van der Waals surface area (Å²) in [5, 5.41) is 12.7. The Hall–Kier alpha value is -2.24. The highest BCUT2D eigenvalue weighted by Crippen LogP contribution is 2.17. The third-order valence-electron chi connectivity index (χ3n) is 2.74. The smallest absolute Gasteiger partial charge is 0.355 e. The van der Waals surface area contributed by atoms with Crippen LogP contribution in [0.4, 0.5) is 0 Å². The van der Waals surface area contributed by atoms with E-state index in [1.54, 1.807) is 0 Å². The Morgan fingerprint density at radius 2 is 2.13 bits per heavy atom. The summed E-state index contributed by atoms with van der Waals surface area (Å²) in [5.41, 5.74) is -0.0534. The Morgan fingerprint density at radius 1 is 1.43 bits per heavy atom. The number of sulfonamides is 1. The van der Waals surface area contributed by atoms with E-state index >= 15 is 0 Å². The molecule has 9 nitrogen and oxygen atoms in total.